The SMILES string of the molecule is COCCCNSc1ccc(C(=O)Nc2ccc(Cl)c(-c3ccccn3)c2)cc1. The van der Waals surface area contributed by atoms with E-state index in [4.69, 9.17) is 16.3 Å². The highest BCUT2D eigenvalue weighted by Crippen LogP contribution is 2.29. The van der Waals surface area contributed by atoms with E-state index in [1.165, 1.54) is 11.9 Å². The predicted molar refractivity (Wildman–Crippen MR) is 119 cm³/mol. The van der Waals surface area contributed by atoms with Gasteiger partial charge in [-0.25, -0.2) is 0 Å². The highest BCUT2D eigenvalue weighted by Gasteiger charge is 2.10. The summed E-state index contributed by atoms with van der Waals surface area (Å²) in [4.78, 5) is 18.0. The minimum atomic E-state index is -0.177. The van der Waals surface area contributed by atoms with E-state index in [0.717, 1.165) is 35.7 Å². The number of carbonyl (C=O) groups excluding carboxylic acids is 1. The summed E-state index contributed by atoms with van der Waals surface area (Å²) >= 11 is 7.84. The van der Waals surface area contributed by atoms with E-state index in [1.54, 1.807) is 25.4 Å². The van der Waals surface area contributed by atoms with Gasteiger partial charge in [0, 0.05) is 48.2 Å². The van der Waals surface area contributed by atoms with Gasteiger partial charge < -0.3 is 10.1 Å². The number of pyridine rings is 1. The van der Waals surface area contributed by atoms with Crippen LogP contribution in [0, 0.1) is 0 Å². The van der Waals surface area contributed by atoms with E-state index in [0.29, 0.717) is 16.3 Å². The number of halogens is 1. The van der Waals surface area contributed by atoms with E-state index in [2.05, 4.69) is 15.0 Å². The van der Waals surface area contributed by atoms with E-state index in [9.17, 15) is 4.79 Å². The van der Waals surface area contributed by atoms with Gasteiger partial charge in [0.05, 0.1) is 10.7 Å². The maximum Gasteiger partial charge on any atom is 0.255 e. The number of ether oxygens (including phenoxy) is 1. The largest absolute Gasteiger partial charge is 0.385 e. The molecule has 0 aliphatic heterocycles. The molecule has 0 atom stereocenters. The number of benzene rings is 2. The molecule has 0 aliphatic carbocycles. The predicted octanol–water partition coefficient (Wildman–Crippen LogP) is 5.29. The number of nitrogens with zero attached hydrogens (tertiary/aromatic N) is 1. The molecule has 1 heterocycles. The molecule has 2 N–H and O–H groups in total. The molecule has 0 aliphatic rings. The summed E-state index contributed by atoms with van der Waals surface area (Å²) in [6.07, 6.45) is 2.66. The molecule has 29 heavy (non-hydrogen) atoms. The second-order valence-corrected chi connectivity index (χ2v) is 7.60. The first kappa shape index (κ1) is 21.3. The van der Waals surface area contributed by atoms with E-state index in [1.807, 2.05) is 48.5 Å². The molecule has 3 rings (SSSR count). The molecule has 0 unspecified atom stereocenters. The van der Waals surface area contributed by atoms with Gasteiger partial charge in [0.25, 0.3) is 5.91 Å². The third kappa shape index (κ3) is 6.30. The van der Waals surface area contributed by atoms with Crippen LogP contribution in [0.2, 0.25) is 5.02 Å². The Bertz CT molecular complexity index is 937. The van der Waals surface area contributed by atoms with Crippen molar-refractivity contribution in [3.63, 3.8) is 0 Å². The van der Waals surface area contributed by atoms with Crippen LogP contribution in [0.4, 0.5) is 5.69 Å². The Morgan fingerprint density at radius 1 is 1.14 bits per heavy atom. The molecule has 0 fully saturated rings. The molecule has 3 aromatic rings. The maximum atomic E-state index is 12.6. The molecule has 5 nitrogen and oxygen atoms in total. The quantitative estimate of drug-likeness (QED) is 0.359. The Kier molecular flexibility index (Phi) is 8.07. The zero-order valence-corrected chi connectivity index (χ0v) is 17.6. The first-order chi connectivity index (χ1) is 14.2. The topological polar surface area (TPSA) is 63.2 Å². The van der Waals surface area contributed by atoms with Crippen molar-refractivity contribution >= 4 is 35.1 Å². The number of carbonyl (C=O) groups is 1. The van der Waals surface area contributed by atoms with Crippen molar-refractivity contribution in [2.45, 2.75) is 11.3 Å². The number of methoxy groups -OCH3 is 1. The molecule has 7 heteroatoms. The molecule has 0 saturated carbocycles. The number of hydrogen-bond acceptors (Lipinski definition) is 5. The van der Waals surface area contributed by atoms with Crippen molar-refractivity contribution < 1.29 is 9.53 Å². The Labute approximate surface area is 180 Å². The Hall–Kier alpha value is -2.38. The molecular weight excluding hydrogens is 406 g/mol. The van der Waals surface area contributed by atoms with Gasteiger partial charge in [-0.1, -0.05) is 17.7 Å². The fourth-order valence-electron chi connectivity index (χ4n) is 2.62. The lowest BCUT2D eigenvalue weighted by molar-refractivity contribution is 0.102. The lowest BCUT2D eigenvalue weighted by Gasteiger charge is -2.10. The van der Waals surface area contributed by atoms with Crippen LogP contribution in [-0.4, -0.2) is 31.2 Å². The second-order valence-electron chi connectivity index (χ2n) is 6.23. The van der Waals surface area contributed by atoms with Crippen LogP contribution < -0.4 is 10.0 Å². The number of anilines is 1. The van der Waals surface area contributed by atoms with Gasteiger partial charge in [0.2, 0.25) is 0 Å². The number of amides is 1. The summed E-state index contributed by atoms with van der Waals surface area (Å²) in [5.74, 6) is -0.177. The van der Waals surface area contributed by atoms with Crippen LogP contribution in [0.25, 0.3) is 11.3 Å². The van der Waals surface area contributed by atoms with Crippen LogP contribution in [0.1, 0.15) is 16.8 Å². The lowest BCUT2D eigenvalue weighted by atomic mass is 10.1. The van der Waals surface area contributed by atoms with E-state index in [-0.39, 0.29) is 5.91 Å². The molecule has 0 radical (unpaired) electrons. The molecule has 0 saturated heterocycles. The zero-order chi connectivity index (χ0) is 20.5. The smallest absolute Gasteiger partial charge is 0.255 e. The Morgan fingerprint density at radius 2 is 1.97 bits per heavy atom. The fourth-order valence-corrected chi connectivity index (χ4v) is 3.52. The van der Waals surface area contributed by atoms with Crippen molar-refractivity contribution in [2.24, 2.45) is 0 Å². The van der Waals surface area contributed by atoms with Crippen LogP contribution in [0.3, 0.4) is 0 Å². The molecule has 1 aromatic heterocycles. The Balaban J connectivity index is 1.62. The van der Waals surface area contributed by atoms with Gasteiger partial charge in [0.15, 0.2) is 0 Å². The minimum Gasteiger partial charge on any atom is -0.385 e. The van der Waals surface area contributed by atoms with Crippen molar-refractivity contribution in [1.82, 2.24) is 9.71 Å². The average molecular weight is 428 g/mol. The fraction of sp³-hybridized carbons (Fsp3) is 0.182. The molecular formula is C22H22ClN3O2S. The monoisotopic (exact) mass is 427 g/mol. The number of aromatic nitrogens is 1. The summed E-state index contributed by atoms with van der Waals surface area (Å²) in [5.41, 5.74) is 2.78. The van der Waals surface area contributed by atoms with Crippen molar-refractivity contribution in [2.75, 3.05) is 25.6 Å². The summed E-state index contributed by atoms with van der Waals surface area (Å²) in [6, 6.07) is 18.5. The van der Waals surface area contributed by atoms with Crippen LogP contribution in [0.15, 0.2) is 71.8 Å². The van der Waals surface area contributed by atoms with E-state index < -0.39 is 0 Å². The summed E-state index contributed by atoms with van der Waals surface area (Å²) < 4.78 is 8.29. The normalized spacial score (nSPS) is 10.7. The molecule has 2 aromatic carbocycles. The Morgan fingerprint density at radius 3 is 2.69 bits per heavy atom. The van der Waals surface area contributed by atoms with Gasteiger partial charge in [-0.3, -0.25) is 14.5 Å². The summed E-state index contributed by atoms with van der Waals surface area (Å²) in [5, 5.41) is 3.50. The maximum absolute atomic E-state index is 12.6. The molecule has 1 amide bonds. The van der Waals surface area contributed by atoms with Gasteiger partial charge in [0.1, 0.15) is 0 Å². The van der Waals surface area contributed by atoms with Crippen LogP contribution in [0.5, 0.6) is 0 Å². The first-order valence-electron chi connectivity index (χ1n) is 9.18. The molecule has 0 bridgehead atoms. The van der Waals surface area contributed by atoms with Crippen LogP contribution in [-0.2, 0) is 4.74 Å². The van der Waals surface area contributed by atoms with Gasteiger partial charge in [-0.2, -0.15) is 0 Å². The van der Waals surface area contributed by atoms with Crippen molar-refractivity contribution in [3.8, 4) is 11.3 Å². The van der Waals surface area contributed by atoms with Gasteiger partial charge in [-0.05, 0) is 73.0 Å². The summed E-state index contributed by atoms with van der Waals surface area (Å²) in [6.45, 7) is 1.59. The van der Waals surface area contributed by atoms with Gasteiger partial charge in [-0.15, -0.1) is 0 Å². The second kappa shape index (κ2) is 11.0. The highest BCUT2D eigenvalue weighted by atomic mass is 35.5. The van der Waals surface area contributed by atoms with Crippen molar-refractivity contribution in [3.05, 3.63) is 77.4 Å². The van der Waals surface area contributed by atoms with E-state index >= 15 is 0 Å². The zero-order valence-electron chi connectivity index (χ0n) is 16.0. The lowest BCUT2D eigenvalue weighted by Crippen LogP contribution is -2.12. The molecule has 150 valence electrons. The van der Waals surface area contributed by atoms with Crippen LogP contribution >= 0.6 is 23.5 Å². The summed E-state index contributed by atoms with van der Waals surface area (Å²) in [7, 11) is 1.69. The number of nitrogens with one attached hydrogen (secondary N) is 2. The third-order valence-corrected chi connectivity index (χ3v) is 5.28. The number of hydrogen-bond donors (Lipinski definition) is 2. The molecule has 0 spiro atoms. The highest BCUT2D eigenvalue weighted by molar-refractivity contribution is 7.97. The van der Waals surface area contributed by atoms with Crippen molar-refractivity contribution in [1.29, 1.82) is 0 Å². The third-order valence-electron chi connectivity index (χ3n) is 4.10. The van der Waals surface area contributed by atoms with Gasteiger partial charge >= 0.3 is 0 Å². The first-order valence-corrected chi connectivity index (χ1v) is 10.4. The average Bonchev–Trinajstić information content (AvgIpc) is 2.76. The standard InChI is InChI=1S/C22H22ClN3O2S/c1-28-14-4-13-25-29-18-9-6-16(7-10-18)22(27)26-17-8-11-20(23)19(15-17)21-5-2-3-12-24-21/h2-3,5-12,15,25H,4,13-14H2,1H3,(H,26,27). The minimum absolute atomic E-state index is 0.177. The number of rotatable bonds is 9.